The lowest BCUT2D eigenvalue weighted by Gasteiger charge is -2.09. The van der Waals surface area contributed by atoms with Crippen LogP contribution in [0.1, 0.15) is 20.8 Å². The zero-order valence-electron chi connectivity index (χ0n) is 22.3. The number of pyridine rings is 1. The maximum absolute atomic E-state index is 13.6. The van der Waals surface area contributed by atoms with Crippen molar-refractivity contribution in [3.8, 4) is 10.4 Å². The fourth-order valence-corrected chi connectivity index (χ4v) is 6.82. The van der Waals surface area contributed by atoms with E-state index in [4.69, 9.17) is 0 Å². The van der Waals surface area contributed by atoms with Crippen molar-refractivity contribution in [3.05, 3.63) is 141 Å². The molecule has 0 fully saturated rings. The summed E-state index contributed by atoms with van der Waals surface area (Å²) in [5.41, 5.74) is 0.951. The van der Waals surface area contributed by atoms with Gasteiger partial charge in [-0.05, 0) is 65.7 Å². The van der Waals surface area contributed by atoms with Gasteiger partial charge in [0.2, 0.25) is 0 Å². The number of nitrogens with one attached hydrogen (secondary N) is 1. The highest BCUT2D eigenvalue weighted by Crippen LogP contribution is 2.31. The SMILES string of the molecule is O=C(NCc1ccc(-c2ccc3cnn(S(=O)(=O)c4ccccc4)c3c2)s1)c1cccn(Cc2ccc(F)c(F)c2)c1=O. The van der Waals surface area contributed by atoms with Crippen molar-refractivity contribution in [1.29, 1.82) is 0 Å². The van der Waals surface area contributed by atoms with Crippen LogP contribution in [0, 0.1) is 11.6 Å². The lowest BCUT2D eigenvalue weighted by Crippen LogP contribution is -2.32. The monoisotopic (exact) mass is 616 g/mol. The molecule has 0 saturated carbocycles. The second kappa shape index (κ2) is 11.4. The zero-order valence-corrected chi connectivity index (χ0v) is 23.9. The third-order valence-electron chi connectivity index (χ3n) is 6.78. The number of nitrogens with zero attached hydrogens (tertiary/aromatic N) is 3. The van der Waals surface area contributed by atoms with Crippen molar-refractivity contribution in [2.45, 2.75) is 18.0 Å². The van der Waals surface area contributed by atoms with Gasteiger partial charge in [-0.2, -0.15) is 17.6 Å². The molecule has 8 nitrogen and oxygen atoms in total. The summed E-state index contributed by atoms with van der Waals surface area (Å²) in [7, 11) is -3.89. The Labute approximate surface area is 248 Å². The van der Waals surface area contributed by atoms with Crippen LogP contribution in [0.3, 0.4) is 0 Å². The minimum atomic E-state index is -3.89. The van der Waals surface area contributed by atoms with Crippen LogP contribution >= 0.6 is 11.3 Å². The number of fused-ring (bicyclic) bond motifs is 1. The van der Waals surface area contributed by atoms with Gasteiger partial charge in [-0.25, -0.2) is 8.78 Å². The lowest BCUT2D eigenvalue weighted by atomic mass is 10.1. The first-order valence-corrected chi connectivity index (χ1v) is 15.3. The summed E-state index contributed by atoms with van der Waals surface area (Å²) in [6, 6.07) is 23.5. The van der Waals surface area contributed by atoms with Crippen LogP contribution in [0.2, 0.25) is 0 Å². The van der Waals surface area contributed by atoms with Gasteiger partial charge in [0.25, 0.3) is 21.5 Å². The van der Waals surface area contributed by atoms with Crippen LogP contribution < -0.4 is 10.9 Å². The highest BCUT2D eigenvalue weighted by Gasteiger charge is 2.21. The molecule has 1 amide bonds. The number of amides is 1. The zero-order chi connectivity index (χ0) is 30.1. The first-order valence-electron chi connectivity index (χ1n) is 13.0. The Balaban J connectivity index is 1.18. The van der Waals surface area contributed by atoms with Gasteiger partial charge in [0, 0.05) is 21.3 Å². The van der Waals surface area contributed by atoms with E-state index in [9.17, 15) is 26.8 Å². The Bertz CT molecular complexity index is 2160. The molecule has 0 atom stereocenters. The van der Waals surface area contributed by atoms with E-state index in [2.05, 4.69) is 10.4 Å². The number of hydrogen-bond acceptors (Lipinski definition) is 6. The molecule has 0 bridgehead atoms. The number of aromatic nitrogens is 3. The molecule has 43 heavy (non-hydrogen) atoms. The third kappa shape index (κ3) is 5.62. The van der Waals surface area contributed by atoms with Gasteiger partial charge >= 0.3 is 0 Å². The highest BCUT2D eigenvalue weighted by molar-refractivity contribution is 7.90. The van der Waals surface area contributed by atoms with Gasteiger partial charge in [0.1, 0.15) is 5.56 Å². The molecule has 3 aromatic carbocycles. The molecule has 6 aromatic rings. The molecule has 3 heterocycles. The third-order valence-corrected chi connectivity index (χ3v) is 9.53. The number of rotatable bonds is 8. The van der Waals surface area contributed by atoms with Crippen LogP contribution in [0.25, 0.3) is 21.3 Å². The number of thiophene rings is 1. The molecule has 3 aromatic heterocycles. The van der Waals surface area contributed by atoms with Gasteiger partial charge in [-0.15, -0.1) is 11.3 Å². The lowest BCUT2D eigenvalue weighted by molar-refractivity contribution is 0.0949. The molecule has 12 heteroatoms. The molecule has 0 unspecified atom stereocenters. The van der Waals surface area contributed by atoms with E-state index in [1.54, 1.807) is 30.3 Å². The number of carbonyl (C=O) groups excluding carboxylic acids is 1. The molecule has 1 N–H and O–H groups in total. The summed E-state index contributed by atoms with van der Waals surface area (Å²) in [6.07, 6.45) is 2.98. The van der Waals surface area contributed by atoms with Gasteiger partial charge in [0.15, 0.2) is 11.6 Å². The summed E-state index contributed by atoms with van der Waals surface area (Å²) >= 11 is 1.41. The molecule has 6 rings (SSSR count). The number of benzene rings is 3. The quantitative estimate of drug-likeness (QED) is 0.246. The van der Waals surface area contributed by atoms with E-state index in [0.717, 1.165) is 31.5 Å². The number of hydrogen-bond donors (Lipinski definition) is 1. The molecule has 0 spiro atoms. The Morgan fingerprint density at radius 2 is 1.72 bits per heavy atom. The minimum absolute atomic E-state index is 0.0265. The average Bonchev–Trinajstić information content (AvgIpc) is 3.67. The normalized spacial score (nSPS) is 11.6. The highest BCUT2D eigenvalue weighted by atomic mass is 32.2. The van der Waals surface area contributed by atoms with Crippen molar-refractivity contribution in [2.24, 2.45) is 0 Å². The van der Waals surface area contributed by atoms with E-state index in [-0.39, 0.29) is 23.5 Å². The Kier molecular flexibility index (Phi) is 7.46. The maximum Gasteiger partial charge on any atom is 0.283 e. The average molecular weight is 617 g/mol. The van der Waals surface area contributed by atoms with Crippen molar-refractivity contribution < 1.29 is 22.0 Å². The van der Waals surface area contributed by atoms with E-state index < -0.39 is 33.1 Å². The fraction of sp³-hybridized carbons (Fsp3) is 0.0645. The fourth-order valence-electron chi connectivity index (χ4n) is 4.59. The smallest absolute Gasteiger partial charge is 0.283 e. The van der Waals surface area contributed by atoms with Gasteiger partial charge in [-0.3, -0.25) is 9.59 Å². The van der Waals surface area contributed by atoms with E-state index in [0.29, 0.717) is 16.5 Å². The van der Waals surface area contributed by atoms with E-state index >= 15 is 0 Å². The first-order chi connectivity index (χ1) is 20.7. The predicted molar refractivity (Wildman–Crippen MR) is 159 cm³/mol. The van der Waals surface area contributed by atoms with Crippen molar-refractivity contribution in [2.75, 3.05) is 0 Å². The molecular weight excluding hydrogens is 594 g/mol. The predicted octanol–water partition coefficient (Wildman–Crippen LogP) is 5.42. The van der Waals surface area contributed by atoms with Crippen LogP contribution in [-0.2, 0) is 23.1 Å². The molecular formula is C31H22F2N4O4S2. The van der Waals surface area contributed by atoms with Crippen molar-refractivity contribution in [3.63, 3.8) is 0 Å². The summed E-state index contributed by atoms with van der Waals surface area (Å²) in [4.78, 5) is 27.6. The Morgan fingerprint density at radius 3 is 2.51 bits per heavy atom. The molecule has 0 aliphatic rings. The first kappa shape index (κ1) is 28.2. The minimum Gasteiger partial charge on any atom is -0.347 e. The van der Waals surface area contributed by atoms with Crippen LogP contribution in [0.15, 0.2) is 113 Å². The van der Waals surface area contributed by atoms with Crippen LogP contribution in [-0.4, -0.2) is 28.1 Å². The molecule has 0 saturated heterocycles. The van der Waals surface area contributed by atoms with E-state index in [1.165, 1.54) is 58.6 Å². The summed E-state index contributed by atoms with van der Waals surface area (Å²) in [5.74, 6) is -2.57. The number of halogens is 2. The maximum atomic E-state index is 13.6. The van der Waals surface area contributed by atoms with E-state index in [1.807, 2.05) is 18.2 Å². The van der Waals surface area contributed by atoms with Gasteiger partial charge in [-0.1, -0.05) is 36.4 Å². The van der Waals surface area contributed by atoms with Crippen molar-refractivity contribution >= 4 is 38.2 Å². The topological polar surface area (TPSA) is 103 Å². The second-order valence-electron chi connectivity index (χ2n) is 9.63. The van der Waals surface area contributed by atoms with Crippen molar-refractivity contribution in [1.82, 2.24) is 19.1 Å². The molecule has 216 valence electrons. The molecule has 0 aliphatic heterocycles. The summed E-state index contributed by atoms with van der Waals surface area (Å²) in [5, 5.41) is 7.56. The largest absolute Gasteiger partial charge is 0.347 e. The summed E-state index contributed by atoms with van der Waals surface area (Å²) in [6.45, 7) is 0.130. The number of carbonyl (C=O) groups is 1. The van der Waals surface area contributed by atoms with Crippen LogP contribution in [0.5, 0.6) is 0 Å². The Hall–Kier alpha value is -4.94. The summed E-state index contributed by atoms with van der Waals surface area (Å²) < 4.78 is 55.5. The molecule has 0 radical (unpaired) electrons. The van der Waals surface area contributed by atoms with Crippen LogP contribution in [0.4, 0.5) is 8.78 Å². The standard InChI is InChI=1S/C31H22F2N4O4S2/c32-26-12-8-20(15-27(26)33)19-36-14-4-7-25(31(36)39)30(38)34-18-23-11-13-29(42-23)21-9-10-22-17-35-37(28(22)16-21)43(40,41)24-5-2-1-3-6-24/h1-17H,18-19H2,(H,34,38). The van der Waals surface area contributed by atoms with Gasteiger partial charge in [0.05, 0.1) is 29.7 Å². The second-order valence-corrected chi connectivity index (χ2v) is 12.6. The Morgan fingerprint density at radius 1 is 0.907 bits per heavy atom. The molecule has 0 aliphatic carbocycles. The van der Waals surface area contributed by atoms with Gasteiger partial charge < -0.3 is 9.88 Å².